The van der Waals surface area contributed by atoms with Crippen LogP contribution in [0.2, 0.25) is 0 Å². The van der Waals surface area contributed by atoms with Crippen LogP contribution in [-0.4, -0.2) is 21.1 Å². The molecule has 3 aromatic rings. The van der Waals surface area contributed by atoms with Crippen molar-refractivity contribution >= 4 is 23.4 Å². The second-order valence-corrected chi connectivity index (χ2v) is 7.83. The molecule has 1 amide bonds. The van der Waals surface area contributed by atoms with Crippen LogP contribution < -0.4 is 5.32 Å². The van der Waals surface area contributed by atoms with Gasteiger partial charge < -0.3 is 5.32 Å². The van der Waals surface area contributed by atoms with Crippen molar-refractivity contribution in [1.82, 2.24) is 9.97 Å². The number of benzene rings is 2. The molecule has 0 spiro atoms. The number of alkyl halides is 3. The Morgan fingerprint density at radius 3 is 2.43 bits per heavy atom. The minimum absolute atomic E-state index is 0.00221. The first-order chi connectivity index (χ1) is 14.1. The highest BCUT2D eigenvalue weighted by Crippen LogP contribution is 2.33. The fraction of sp³-hybridized carbons (Fsp3) is 0.190. The molecule has 1 aromatic heterocycles. The van der Waals surface area contributed by atoms with Crippen LogP contribution in [-0.2, 0) is 11.0 Å². The molecule has 2 aromatic carbocycles. The monoisotopic (exact) mass is 435 g/mol. The summed E-state index contributed by atoms with van der Waals surface area (Å²) < 4.78 is 53.8. The minimum Gasteiger partial charge on any atom is -0.323 e. The summed E-state index contributed by atoms with van der Waals surface area (Å²) in [5.41, 5.74) is 0.239. The summed E-state index contributed by atoms with van der Waals surface area (Å²) in [5.74, 6) is -1.18. The standard InChI is InChI=1S/C21H17F4N3OS/c1-12-8-9-15(22)17(10-12)26-19(29)13(2)30-20-27-16(14-6-4-3-5-7-14)11-18(28-20)21(23,24)25/h3-11,13H,1-2H3,(H,26,29)/t13-/m1/s1. The zero-order valence-corrected chi connectivity index (χ0v) is 16.8. The van der Waals surface area contributed by atoms with E-state index in [1.165, 1.54) is 19.1 Å². The number of hydrogen-bond donors (Lipinski definition) is 1. The highest BCUT2D eigenvalue weighted by molar-refractivity contribution is 8.00. The minimum atomic E-state index is -4.67. The van der Waals surface area contributed by atoms with Crippen LogP contribution in [0.3, 0.4) is 0 Å². The lowest BCUT2D eigenvalue weighted by Crippen LogP contribution is -2.23. The number of thioether (sulfide) groups is 1. The molecule has 0 saturated heterocycles. The Bertz CT molecular complexity index is 1060. The van der Waals surface area contributed by atoms with Gasteiger partial charge in [-0.1, -0.05) is 48.2 Å². The van der Waals surface area contributed by atoms with E-state index >= 15 is 0 Å². The summed E-state index contributed by atoms with van der Waals surface area (Å²) in [6, 6.07) is 13.5. The predicted octanol–water partition coefficient (Wildman–Crippen LogP) is 5.73. The highest BCUT2D eigenvalue weighted by atomic mass is 32.2. The maximum absolute atomic E-state index is 13.9. The van der Waals surface area contributed by atoms with E-state index in [2.05, 4.69) is 15.3 Å². The van der Waals surface area contributed by atoms with Gasteiger partial charge in [-0.25, -0.2) is 14.4 Å². The molecule has 0 aliphatic carbocycles. The van der Waals surface area contributed by atoms with E-state index in [0.29, 0.717) is 5.56 Å². The van der Waals surface area contributed by atoms with E-state index in [0.717, 1.165) is 23.4 Å². The van der Waals surface area contributed by atoms with Crippen molar-refractivity contribution in [3.8, 4) is 11.3 Å². The molecule has 9 heteroatoms. The third kappa shape index (κ3) is 5.35. The highest BCUT2D eigenvalue weighted by Gasteiger charge is 2.34. The molecule has 0 aliphatic rings. The Morgan fingerprint density at radius 2 is 1.77 bits per heavy atom. The molecule has 0 radical (unpaired) electrons. The fourth-order valence-corrected chi connectivity index (χ4v) is 3.35. The molecule has 1 atom stereocenters. The first-order valence-corrected chi connectivity index (χ1v) is 9.77. The number of halogens is 4. The lowest BCUT2D eigenvalue weighted by Gasteiger charge is -2.14. The van der Waals surface area contributed by atoms with E-state index in [4.69, 9.17) is 0 Å². The second kappa shape index (κ2) is 8.83. The van der Waals surface area contributed by atoms with E-state index < -0.39 is 28.8 Å². The topological polar surface area (TPSA) is 54.9 Å². The van der Waals surface area contributed by atoms with Gasteiger partial charge in [0.1, 0.15) is 11.5 Å². The van der Waals surface area contributed by atoms with Gasteiger partial charge in [0.25, 0.3) is 0 Å². The molecule has 156 valence electrons. The number of carbonyl (C=O) groups is 1. The van der Waals surface area contributed by atoms with Crippen molar-refractivity contribution in [2.75, 3.05) is 5.32 Å². The Hall–Kier alpha value is -2.94. The maximum Gasteiger partial charge on any atom is 0.433 e. The zero-order chi connectivity index (χ0) is 21.9. The van der Waals surface area contributed by atoms with E-state index in [9.17, 15) is 22.4 Å². The molecular formula is C21H17F4N3OS. The molecule has 3 rings (SSSR count). The van der Waals surface area contributed by atoms with Gasteiger partial charge in [-0.05, 0) is 37.6 Å². The van der Waals surface area contributed by atoms with Crippen molar-refractivity contribution in [3.63, 3.8) is 0 Å². The number of nitrogens with one attached hydrogen (secondary N) is 1. The Morgan fingerprint density at radius 1 is 1.07 bits per heavy atom. The Kier molecular flexibility index (Phi) is 6.40. The third-order valence-electron chi connectivity index (χ3n) is 4.10. The van der Waals surface area contributed by atoms with E-state index in [1.807, 2.05) is 0 Å². The fourth-order valence-electron chi connectivity index (χ4n) is 2.56. The van der Waals surface area contributed by atoms with Crippen molar-refractivity contribution in [2.45, 2.75) is 30.4 Å². The van der Waals surface area contributed by atoms with E-state index in [1.54, 1.807) is 43.3 Å². The first kappa shape index (κ1) is 21.8. The molecule has 0 fully saturated rings. The average molecular weight is 435 g/mol. The summed E-state index contributed by atoms with van der Waals surface area (Å²) in [6.45, 7) is 3.23. The van der Waals surface area contributed by atoms with Crippen LogP contribution >= 0.6 is 11.8 Å². The molecule has 0 aliphatic heterocycles. The van der Waals surface area contributed by atoms with Crippen LogP contribution in [0.5, 0.6) is 0 Å². The molecule has 0 unspecified atom stereocenters. The van der Waals surface area contributed by atoms with Gasteiger partial charge in [-0.15, -0.1) is 0 Å². The molecule has 1 N–H and O–H groups in total. The quantitative estimate of drug-likeness (QED) is 0.316. The van der Waals surface area contributed by atoms with Gasteiger partial charge in [0, 0.05) is 5.56 Å². The predicted molar refractivity (Wildman–Crippen MR) is 108 cm³/mol. The van der Waals surface area contributed by atoms with Gasteiger partial charge in [-0.2, -0.15) is 13.2 Å². The van der Waals surface area contributed by atoms with E-state index in [-0.39, 0.29) is 16.5 Å². The molecule has 4 nitrogen and oxygen atoms in total. The second-order valence-electron chi connectivity index (χ2n) is 6.52. The molecular weight excluding hydrogens is 418 g/mol. The van der Waals surface area contributed by atoms with Crippen LogP contribution in [0.1, 0.15) is 18.2 Å². The van der Waals surface area contributed by atoms with Crippen molar-refractivity contribution < 1.29 is 22.4 Å². The summed E-state index contributed by atoms with van der Waals surface area (Å²) in [6.07, 6.45) is -4.67. The number of aromatic nitrogens is 2. The molecule has 30 heavy (non-hydrogen) atoms. The van der Waals surface area contributed by atoms with Gasteiger partial charge in [-0.3, -0.25) is 4.79 Å². The van der Waals surface area contributed by atoms with Gasteiger partial charge >= 0.3 is 6.18 Å². The Labute approximate surface area is 174 Å². The van der Waals surface area contributed by atoms with Gasteiger partial charge in [0.2, 0.25) is 5.91 Å². The summed E-state index contributed by atoms with van der Waals surface area (Å²) in [7, 11) is 0. The van der Waals surface area contributed by atoms with Crippen molar-refractivity contribution in [2.24, 2.45) is 0 Å². The van der Waals surface area contributed by atoms with Crippen molar-refractivity contribution in [3.05, 3.63) is 71.7 Å². The lowest BCUT2D eigenvalue weighted by atomic mass is 10.1. The average Bonchev–Trinajstić information content (AvgIpc) is 2.70. The number of carbonyl (C=O) groups excluding carboxylic acids is 1. The number of aryl methyl sites for hydroxylation is 1. The molecule has 0 saturated carbocycles. The number of nitrogens with zero attached hydrogens (tertiary/aromatic N) is 2. The summed E-state index contributed by atoms with van der Waals surface area (Å²) in [4.78, 5) is 20.2. The number of hydrogen-bond acceptors (Lipinski definition) is 4. The smallest absolute Gasteiger partial charge is 0.323 e. The lowest BCUT2D eigenvalue weighted by molar-refractivity contribution is -0.141. The number of anilines is 1. The first-order valence-electron chi connectivity index (χ1n) is 8.89. The summed E-state index contributed by atoms with van der Waals surface area (Å²) >= 11 is 0.763. The normalized spacial score (nSPS) is 12.5. The van der Waals surface area contributed by atoms with Crippen LogP contribution in [0.4, 0.5) is 23.2 Å². The Balaban J connectivity index is 1.85. The van der Waals surface area contributed by atoms with Crippen LogP contribution in [0.15, 0.2) is 59.8 Å². The zero-order valence-electron chi connectivity index (χ0n) is 16.0. The third-order valence-corrected chi connectivity index (χ3v) is 5.06. The van der Waals surface area contributed by atoms with Crippen LogP contribution in [0.25, 0.3) is 11.3 Å². The molecule has 1 heterocycles. The number of amides is 1. The van der Waals surface area contributed by atoms with Gasteiger partial charge in [0.15, 0.2) is 5.16 Å². The largest absolute Gasteiger partial charge is 0.433 e. The SMILES string of the molecule is Cc1ccc(F)c(NC(=O)[C@@H](C)Sc2nc(-c3ccccc3)cc(C(F)(F)F)n2)c1. The van der Waals surface area contributed by atoms with Crippen LogP contribution in [0, 0.1) is 12.7 Å². The summed E-state index contributed by atoms with van der Waals surface area (Å²) in [5, 5.41) is 1.39. The maximum atomic E-state index is 13.9. The molecule has 0 bridgehead atoms. The number of rotatable bonds is 5. The van der Waals surface area contributed by atoms with Crippen molar-refractivity contribution in [1.29, 1.82) is 0 Å². The van der Waals surface area contributed by atoms with Gasteiger partial charge in [0.05, 0.1) is 16.6 Å².